The van der Waals surface area contributed by atoms with Crippen molar-refractivity contribution >= 4 is 32.5 Å². The summed E-state index contributed by atoms with van der Waals surface area (Å²) in [6.45, 7) is 0.803. The van der Waals surface area contributed by atoms with Crippen LogP contribution in [0.15, 0.2) is 22.9 Å². The SMILES string of the molecule is Brc1cnc2ccnc3c2c1NC3. The maximum Gasteiger partial charge on any atom is 0.0758 e. The molecule has 0 spiro atoms. The van der Waals surface area contributed by atoms with Crippen molar-refractivity contribution in [2.24, 2.45) is 0 Å². The van der Waals surface area contributed by atoms with E-state index in [2.05, 4.69) is 31.2 Å². The molecule has 0 amide bonds. The van der Waals surface area contributed by atoms with E-state index in [0.29, 0.717) is 0 Å². The van der Waals surface area contributed by atoms with Crippen LogP contribution in [0, 0.1) is 0 Å². The standard InChI is InChI=1S/C9H6BrN3/c10-5-3-12-6-1-2-11-7-4-13-9(5)8(6)7/h1-3,13H,4H2. The molecule has 0 atom stereocenters. The Morgan fingerprint density at radius 1 is 1.38 bits per heavy atom. The highest BCUT2D eigenvalue weighted by Gasteiger charge is 2.17. The lowest BCUT2D eigenvalue weighted by Gasteiger charge is -2.01. The lowest BCUT2D eigenvalue weighted by atomic mass is 10.2. The Kier molecular flexibility index (Phi) is 1.35. The lowest BCUT2D eigenvalue weighted by Crippen LogP contribution is -1.90. The number of hydrogen-bond acceptors (Lipinski definition) is 3. The molecule has 0 unspecified atom stereocenters. The summed E-state index contributed by atoms with van der Waals surface area (Å²) >= 11 is 3.46. The van der Waals surface area contributed by atoms with Crippen molar-refractivity contribution in [1.82, 2.24) is 9.97 Å². The van der Waals surface area contributed by atoms with Gasteiger partial charge in [0.25, 0.3) is 0 Å². The van der Waals surface area contributed by atoms with Gasteiger partial charge in [0.2, 0.25) is 0 Å². The predicted molar refractivity (Wildman–Crippen MR) is 54.6 cm³/mol. The van der Waals surface area contributed by atoms with Crippen molar-refractivity contribution in [2.75, 3.05) is 5.32 Å². The zero-order valence-electron chi connectivity index (χ0n) is 6.71. The van der Waals surface area contributed by atoms with Gasteiger partial charge in [-0.1, -0.05) is 0 Å². The first kappa shape index (κ1) is 7.26. The molecule has 64 valence electrons. The van der Waals surface area contributed by atoms with Gasteiger partial charge in [0.1, 0.15) is 0 Å². The van der Waals surface area contributed by atoms with Gasteiger partial charge in [0.15, 0.2) is 0 Å². The second-order valence-electron chi connectivity index (χ2n) is 2.99. The van der Waals surface area contributed by atoms with Crippen molar-refractivity contribution in [2.45, 2.75) is 6.54 Å². The molecule has 1 aliphatic heterocycles. The van der Waals surface area contributed by atoms with Gasteiger partial charge in [-0.15, -0.1) is 0 Å². The number of nitrogens with one attached hydrogen (secondary N) is 1. The second-order valence-corrected chi connectivity index (χ2v) is 3.84. The Morgan fingerprint density at radius 2 is 2.31 bits per heavy atom. The monoisotopic (exact) mass is 235 g/mol. The molecular formula is C9H6BrN3. The molecule has 3 rings (SSSR count). The lowest BCUT2D eigenvalue weighted by molar-refractivity contribution is 1.11. The molecule has 3 nitrogen and oxygen atoms in total. The average molecular weight is 236 g/mol. The van der Waals surface area contributed by atoms with Crippen molar-refractivity contribution in [3.8, 4) is 0 Å². The van der Waals surface area contributed by atoms with Gasteiger partial charge in [0, 0.05) is 17.8 Å². The van der Waals surface area contributed by atoms with Gasteiger partial charge in [0.05, 0.1) is 27.9 Å². The minimum absolute atomic E-state index is 0.803. The van der Waals surface area contributed by atoms with Crippen LogP contribution < -0.4 is 5.32 Å². The van der Waals surface area contributed by atoms with Crippen molar-refractivity contribution in [3.05, 3.63) is 28.6 Å². The normalized spacial score (nSPS) is 13.3. The van der Waals surface area contributed by atoms with Gasteiger partial charge in [-0.05, 0) is 22.0 Å². The number of pyridine rings is 2. The Bertz CT molecular complexity index is 495. The molecule has 0 saturated heterocycles. The highest BCUT2D eigenvalue weighted by atomic mass is 79.9. The molecule has 0 aromatic carbocycles. The molecule has 1 aliphatic rings. The Morgan fingerprint density at radius 3 is 3.23 bits per heavy atom. The zero-order chi connectivity index (χ0) is 8.84. The minimum atomic E-state index is 0.803. The van der Waals surface area contributed by atoms with Crippen LogP contribution >= 0.6 is 15.9 Å². The van der Waals surface area contributed by atoms with Gasteiger partial charge >= 0.3 is 0 Å². The largest absolute Gasteiger partial charge is 0.378 e. The van der Waals surface area contributed by atoms with Crippen LogP contribution in [0.3, 0.4) is 0 Å². The first-order chi connectivity index (χ1) is 6.36. The number of aromatic nitrogens is 2. The highest BCUT2D eigenvalue weighted by molar-refractivity contribution is 9.10. The summed E-state index contributed by atoms with van der Waals surface area (Å²) in [5.41, 5.74) is 3.21. The molecule has 1 N–H and O–H groups in total. The number of halogens is 1. The Hall–Kier alpha value is -1.16. The molecule has 0 bridgehead atoms. The van der Waals surface area contributed by atoms with E-state index in [1.54, 1.807) is 6.20 Å². The molecule has 3 heterocycles. The van der Waals surface area contributed by atoms with Gasteiger partial charge < -0.3 is 5.32 Å². The smallest absolute Gasteiger partial charge is 0.0758 e. The van der Waals surface area contributed by atoms with E-state index in [-0.39, 0.29) is 0 Å². The van der Waals surface area contributed by atoms with Gasteiger partial charge in [-0.2, -0.15) is 0 Å². The summed E-state index contributed by atoms with van der Waals surface area (Å²) in [7, 11) is 0. The highest BCUT2D eigenvalue weighted by Crippen LogP contribution is 2.35. The fourth-order valence-electron chi connectivity index (χ4n) is 1.66. The van der Waals surface area contributed by atoms with Crippen LogP contribution in [-0.4, -0.2) is 9.97 Å². The Labute approximate surface area is 83.3 Å². The van der Waals surface area contributed by atoms with Crippen molar-refractivity contribution < 1.29 is 0 Å². The van der Waals surface area contributed by atoms with E-state index in [0.717, 1.165) is 33.3 Å². The summed E-state index contributed by atoms with van der Waals surface area (Å²) in [5.74, 6) is 0. The van der Waals surface area contributed by atoms with Crippen LogP contribution in [0.1, 0.15) is 5.69 Å². The van der Waals surface area contributed by atoms with Gasteiger partial charge in [-0.25, -0.2) is 0 Å². The quantitative estimate of drug-likeness (QED) is 0.762. The number of nitrogens with zero attached hydrogens (tertiary/aromatic N) is 2. The maximum absolute atomic E-state index is 4.32. The summed E-state index contributed by atoms with van der Waals surface area (Å²) in [4.78, 5) is 8.61. The molecule has 0 aliphatic carbocycles. The molecule has 2 aromatic rings. The minimum Gasteiger partial charge on any atom is -0.378 e. The maximum atomic E-state index is 4.32. The fraction of sp³-hybridized carbons (Fsp3) is 0.111. The molecule has 13 heavy (non-hydrogen) atoms. The third kappa shape index (κ3) is 0.891. The third-order valence-corrected chi connectivity index (χ3v) is 2.85. The first-order valence-corrected chi connectivity index (χ1v) is 4.81. The van der Waals surface area contributed by atoms with Crippen LogP contribution in [0.4, 0.5) is 5.69 Å². The second kappa shape index (κ2) is 2.42. The number of hydrogen-bond donors (Lipinski definition) is 1. The molecule has 2 aromatic heterocycles. The van der Waals surface area contributed by atoms with E-state index < -0.39 is 0 Å². The summed E-state index contributed by atoms with van der Waals surface area (Å²) in [6.07, 6.45) is 3.62. The van der Waals surface area contributed by atoms with Crippen LogP contribution in [-0.2, 0) is 6.54 Å². The van der Waals surface area contributed by atoms with Crippen LogP contribution in [0.5, 0.6) is 0 Å². The fourth-order valence-corrected chi connectivity index (χ4v) is 2.10. The molecule has 0 saturated carbocycles. The summed E-state index contributed by atoms with van der Waals surface area (Å²) < 4.78 is 1.01. The van der Waals surface area contributed by atoms with E-state index in [4.69, 9.17) is 0 Å². The molecule has 4 heteroatoms. The molecular weight excluding hydrogens is 230 g/mol. The number of rotatable bonds is 0. The summed E-state index contributed by atoms with van der Waals surface area (Å²) in [6, 6.07) is 1.93. The van der Waals surface area contributed by atoms with Crippen molar-refractivity contribution in [1.29, 1.82) is 0 Å². The van der Waals surface area contributed by atoms with Crippen LogP contribution in [0.25, 0.3) is 10.9 Å². The zero-order valence-corrected chi connectivity index (χ0v) is 8.30. The Balaban J connectivity index is 2.56. The van der Waals surface area contributed by atoms with Crippen molar-refractivity contribution in [3.63, 3.8) is 0 Å². The summed E-state index contributed by atoms with van der Waals surface area (Å²) in [5, 5.41) is 4.44. The average Bonchev–Trinajstić information content (AvgIpc) is 2.57. The van der Waals surface area contributed by atoms with E-state index in [1.807, 2.05) is 12.3 Å². The predicted octanol–water partition coefficient (Wildman–Crippen LogP) is 2.32. The van der Waals surface area contributed by atoms with E-state index in [9.17, 15) is 0 Å². The number of anilines is 1. The molecule has 0 fully saturated rings. The van der Waals surface area contributed by atoms with Gasteiger partial charge in [-0.3, -0.25) is 9.97 Å². The topological polar surface area (TPSA) is 37.8 Å². The van der Waals surface area contributed by atoms with E-state index >= 15 is 0 Å². The third-order valence-electron chi connectivity index (χ3n) is 2.25. The van der Waals surface area contributed by atoms with E-state index in [1.165, 1.54) is 0 Å². The first-order valence-electron chi connectivity index (χ1n) is 4.02. The molecule has 0 radical (unpaired) electrons. The van der Waals surface area contributed by atoms with Crippen LogP contribution in [0.2, 0.25) is 0 Å².